The molecule has 5 nitrogen and oxygen atoms in total. The highest BCUT2D eigenvalue weighted by Gasteiger charge is 2.21. The van der Waals surface area contributed by atoms with Gasteiger partial charge < -0.3 is 20.1 Å². The molecule has 0 heterocycles. The molecule has 3 rings (SSSR count). The molecule has 26 heavy (non-hydrogen) atoms. The van der Waals surface area contributed by atoms with Gasteiger partial charge in [0.05, 0.1) is 24.9 Å². The third kappa shape index (κ3) is 4.76. The van der Waals surface area contributed by atoms with Gasteiger partial charge in [-0.3, -0.25) is 4.79 Å². The van der Waals surface area contributed by atoms with Gasteiger partial charge in [-0.1, -0.05) is 36.4 Å². The van der Waals surface area contributed by atoms with Crippen LogP contribution in [0, 0.1) is 0 Å². The number of aryl methyl sites for hydroxylation is 1. The van der Waals surface area contributed by atoms with Crippen LogP contribution in [0.25, 0.3) is 0 Å². The zero-order valence-electron chi connectivity index (χ0n) is 15.2. The van der Waals surface area contributed by atoms with Crippen LogP contribution in [0.1, 0.15) is 30.0 Å². The first-order valence-corrected chi connectivity index (χ1v) is 9.09. The van der Waals surface area contributed by atoms with Crippen LogP contribution in [-0.4, -0.2) is 32.8 Å². The Morgan fingerprint density at radius 1 is 1.12 bits per heavy atom. The number of anilines is 1. The highest BCUT2D eigenvalue weighted by Crippen LogP contribution is 2.29. The number of ether oxygens (including phenoxy) is 2. The molecule has 0 saturated heterocycles. The van der Waals surface area contributed by atoms with Gasteiger partial charge in [-0.05, 0) is 42.5 Å². The van der Waals surface area contributed by atoms with Crippen molar-refractivity contribution in [3.63, 3.8) is 0 Å². The molecule has 2 aromatic carbocycles. The summed E-state index contributed by atoms with van der Waals surface area (Å²) in [5, 5.41) is 6.33. The number of nitrogens with one attached hydrogen (secondary N) is 2. The van der Waals surface area contributed by atoms with Crippen LogP contribution in [0.3, 0.4) is 0 Å². The second-order valence-corrected chi connectivity index (χ2v) is 6.40. The molecular weight excluding hydrogens is 328 g/mol. The maximum Gasteiger partial charge on any atom is 0.239 e. The lowest BCUT2D eigenvalue weighted by Gasteiger charge is -2.26. The topological polar surface area (TPSA) is 59.6 Å². The lowest BCUT2D eigenvalue weighted by molar-refractivity contribution is -0.120. The molecule has 0 saturated carbocycles. The van der Waals surface area contributed by atoms with E-state index in [-0.39, 0.29) is 18.5 Å². The van der Waals surface area contributed by atoms with Crippen LogP contribution in [0.5, 0.6) is 5.75 Å². The molecule has 0 unspecified atom stereocenters. The van der Waals surface area contributed by atoms with Crippen LogP contribution in [0.4, 0.5) is 5.69 Å². The van der Waals surface area contributed by atoms with Crippen molar-refractivity contribution in [2.24, 2.45) is 0 Å². The van der Waals surface area contributed by atoms with Gasteiger partial charge in [0.2, 0.25) is 5.91 Å². The Kier molecular flexibility index (Phi) is 6.50. The van der Waals surface area contributed by atoms with Gasteiger partial charge in [-0.25, -0.2) is 0 Å². The maximum atomic E-state index is 12.4. The van der Waals surface area contributed by atoms with E-state index in [1.807, 2.05) is 30.3 Å². The van der Waals surface area contributed by atoms with Crippen LogP contribution in [0.15, 0.2) is 48.5 Å². The fourth-order valence-corrected chi connectivity index (χ4v) is 3.30. The molecule has 1 aliphatic rings. The van der Waals surface area contributed by atoms with E-state index in [9.17, 15) is 4.79 Å². The van der Waals surface area contributed by atoms with Crippen molar-refractivity contribution in [3.8, 4) is 5.75 Å². The summed E-state index contributed by atoms with van der Waals surface area (Å²) in [6, 6.07) is 16.1. The number of carbonyl (C=O) groups is 1. The van der Waals surface area contributed by atoms with Gasteiger partial charge in [0.1, 0.15) is 12.4 Å². The van der Waals surface area contributed by atoms with E-state index in [0.29, 0.717) is 13.2 Å². The Labute approximate surface area is 154 Å². The molecule has 0 spiro atoms. The van der Waals surface area contributed by atoms with Crippen molar-refractivity contribution in [1.82, 2.24) is 5.32 Å². The number of hydrogen-bond donors (Lipinski definition) is 2. The number of amides is 1. The minimum atomic E-state index is -0.0154. The maximum absolute atomic E-state index is 12.4. The van der Waals surface area contributed by atoms with Crippen molar-refractivity contribution in [1.29, 1.82) is 0 Å². The predicted molar refractivity (Wildman–Crippen MR) is 103 cm³/mol. The highest BCUT2D eigenvalue weighted by atomic mass is 16.5. The first kappa shape index (κ1) is 18.3. The smallest absolute Gasteiger partial charge is 0.239 e. The van der Waals surface area contributed by atoms with Gasteiger partial charge >= 0.3 is 0 Å². The van der Waals surface area contributed by atoms with E-state index >= 15 is 0 Å². The first-order valence-electron chi connectivity index (χ1n) is 9.09. The average Bonchev–Trinajstić information content (AvgIpc) is 2.68. The lowest BCUT2D eigenvalue weighted by Crippen LogP contribution is -2.35. The summed E-state index contributed by atoms with van der Waals surface area (Å²) < 4.78 is 10.7. The van der Waals surface area contributed by atoms with Gasteiger partial charge in [-0.15, -0.1) is 0 Å². The number of fused-ring (bicyclic) bond motifs is 1. The minimum Gasteiger partial charge on any atom is -0.489 e. The molecule has 2 N–H and O–H groups in total. The molecular formula is C21H26N2O3. The van der Waals surface area contributed by atoms with Gasteiger partial charge in [0.15, 0.2) is 0 Å². The second kappa shape index (κ2) is 9.25. The summed E-state index contributed by atoms with van der Waals surface area (Å²) in [7, 11) is 1.64. The summed E-state index contributed by atoms with van der Waals surface area (Å²) in [6.45, 7) is 1.21. The van der Waals surface area contributed by atoms with E-state index in [2.05, 4.69) is 28.8 Å². The molecule has 138 valence electrons. The molecule has 1 aliphatic carbocycles. The molecule has 1 amide bonds. The number of para-hydroxylation sites is 2. The van der Waals surface area contributed by atoms with Crippen molar-refractivity contribution in [2.45, 2.75) is 25.3 Å². The molecule has 1 atom stereocenters. The van der Waals surface area contributed by atoms with E-state index in [1.54, 1.807) is 7.11 Å². The van der Waals surface area contributed by atoms with E-state index in [1.165, 1.54) is 11.1 Å². The molecule has 5 heteroatoms. The molecule has 0 fully saturated rings. The zero-order valence-corrected chi connectivity index (χ0v) is 15.2. The third-order valence-electron chi connectivity index (χ3n) is 4.58. The lowest BCUT2D eigenvalue weighted by atomic mass is 9.88. The zero-order chi connectivity index (χ0) is 18.2. The Morgan fingerprint density at radius 2 is 1.92 bits per heavy atom. The number of methoxy groups -OCH3 is 1. The van der Waals surface area contributed by atoms with Crippen LogP contribution < -0.4 is 15.4 Å². The molecule has 2 aromatic rings. The molecule has 0 aromatic heterocycles. The standard InChI is InChI=1S/C21H26N2O3/c1-25-13-14-26-20-12-5-4-10-19(20)22-15-21(24)23-18-11-6-8-16-7-2-3-9-17(16)18/h2-5,7,9-10,12,18,22H,6,8,11,13-15H2,1H3,(H,23,24)/t18-/m0/s1. The van der Waals surface area contributed by atoms with Gasteiger partial charge in [0, 0.05) is 7.11 Å². The van der Waals surface area contributed by atoms with Crippen LogP contribution >= 0.6 is 0 Å². The number of benzene rings is 2. The Bertz CT molecular complexity index is 733. The van der Waals surface area contributed by atoms with E-state index < -0.39 is 0 Å². The number of carbonyl (C=O) groups excluding carboxylic acids is 1. The van der Waals surface area contributed by atoms with Gasteiger partial charge in [0.25, 0.3) is 0 Å². The molecule has 0 radical (unpaired) electrons. The fraction of sp³-hybridized carbons (Fsp3) is 0.381. The monoisotopic (exact) mass is 354 g/mol. The summed E-state index contributed by atoms with van der Waals surface area (Å²) >= 11 is 0. The Hall–Kier alpha value is -2.53. The van der Waals surface area contributed by atoms with Crippen LogP contribution in [0.2, 0.25) is 0 Å². The first-order chi connectivity index (χ1) is 12.8. The SMILES string of the molecule is COCCOc1ccccc1NCC(=O)N[C@H]1CCCc2ccccc21. The fourth-order valence-electron chi connectivity index (χ4n) is 3.30. The quantitative estimate of drug-likeness (QED) is 0.714. The van der Waals surface area contributed by atoms with Crippen molar-refractivity contribution in [3.05, 3.63) is 59.7 Å². The largest absolute Gasteiger partial charge is 0.489 e. The van der Waals surface area contributed by atoms with Crippen molar-refractivity contribution >= 4 is 11.6 Å². The summed E-state index contributed by atoms with van der Waals surface area (Å²) in [4.78, 5) is 12.4. The van der Waals surface area contributed by atoms with Crippen molar-refractivity contribution < 1.29 is 14.3 Å². The predicted octanol–water partition coefficient (Wildman–Crippen LogP) is 3.32. The summed E-state index contributed by atoms with van der Waals surface area (Å²) in [5.74, 6) is 0.707. The number of hydrogen-bond acceptors (Lipinski definition) is 4. The number of rotatable bonds is 8. The Morgan fingerprint density at radius 3 is 2.81 bits per heavy atom. The van der Waals surface area contributed by atoms with Crippen molar-refractivity contribution in [2.75, 3.05) is 32.2 Å². The second-order valence-electron chi connectivity index (χ2n) is 6.40. The van der Waals surface area contributed by atoms with E-state index in [4.69, 9.17) is 9.47 Å². The molecule has 0 aliphatic heterocycles. The minimum absolute atomic E-state index is 0.0154. The third-order valence-corrected chi connectivity index (χ3v) is 4.58. The normalized spacial score (nSPS) is 15.8. The molecule has 0 bridgehead atoms. The summed E-state index contributed by atoms with van der Waals surface area (Å²) in [5.41, 5.74) is 3.40. The van der Waals surface area contributed by atoms with Crippen LogP contribution in [-0.2, 0) is 16.0 Å². The van der Waals surface area contributed by atoms with E-state index in [0.717, 1.165) is 30.7 Å². The summed E-state index contributed by atoms with van der Waals surface area (Å²) in [6.07, 6.45) is 3.18. The highest BCUT2D eigenvalue weighted by molar-refractivity contribution is 5.81. The Balaban J connectivity index is 1.55. The average molecular weight is 354 g/mol. The van der Waals surface area contributed by atoms with Gasteiger partial charge in [-0.2, -0.15) is 0 Å².